The predicted octanol–water partition coefficient (Wildman–Crippen LogP) is 2.37. The molecule has 2 rings (SSSR count). The maximum Gasteiger partial charge on any atom is 0.174 e. The van der Waals surface area contributed by atoms with E-state index in [9.17, 15) is 4.39 Å². The molecule has 0 fully saturated rings. The molecule has 3 heteroatoms. The van der Waals surface area contributed by atoms with Crippen LogP contribution in [-0.2, 0) is 6.42 Å². The highest BCUT2D eigenvalue weighted by Gasteiger charge is 2.09. The molecule has 0 aliphatic carbocycles. The Balaban J connectivity index is 2.52. The summed E-state index contributed by atoms with van der Waals surface area (Å²) in [5.74, 6) is -0.364. The molecule has 0 aliphatic heterocycles. The van der Waals surface area contributed by atoms with E-state index in [1.165, 1.54) is 0 Å². The van der Waals surface area contributed by atoms with Crippen LogP contribution in [0.4, 0.5) is 4.39 Å². The Morgan fingerprint density at radius 3 is 2.71 bits per heavy atom. The van der Waals surface area contributed by atoms with Crippen LogP contribution in [0.25, 0.3) is 5.69 Å². The van der Waals surface area contributed by atoms with E-state index in [1.54, 1.807) is 4.68 Å². The van der Waals surface area contributed by atoms with Gasteiger partial charge in [-0.3, -0.25) is 0 Å². The van der Waals surface area contributed by atoms with Gasteiger partial charge in [-0.05, 0) is 18.6 Å². The van der Waals surface area contributed by atoms with Gasteiger partial charge >= 0.3 is 0 Å². The number of rotatable bonds is 2. The van der Waals surface area contributed by atoms with Gasteiger partial charge in [0.1, 0.15) is 0 Å². The fraction of sp³-hybridized carbons (Fsp3) is 0.182. The van der Waals surface area contributed by atoms with Crippen LogP contribution in [0.1, 0.15) is 12.6 Å². The second-order valence-electron chi connectivity index (χ2n) is 2.97. The van der Waals surface area contributed by atoms with Crippen molar-refractivity contribution in [3.63, 3.8) is 0 Å². The lowest BCUT2D eigenvalue weighted by atomic mass is 10.3. The molecular weight excluding hydrogens is 179 g/mol. The van der Waals surface area contributed by atoms with Crippen LogP contribution in [0, 0.1) is 12.0 Å². The third-order valence-electron chi connectivity index (χ3n) is 2.09. The zero-order valence-corrected chi connectivity index (χ0v) is 7.87. The van der Waals surface area contributed by atoms with Crippen LogP contribution in [0.15, 0.2) is 30.3 Å². The number of halogens is 1. The summed E-state index contributed by atoms with van der Waals surface area (Å²) in [4.78, 5) is 0. The molecule has 14 heavy (non-hydrogen) atoms. The summed E-state index contributed by atoms with van der Waals surface area (Å²) in [6.45, 7) is 1.90. The molecule has 1 aromatic heterocycles. The van der Waals surface area contributed by atoms with E-state index in [0.717, 1.165) is 5.69 Å². The van der Waals surface area contributed by atoms with Gasteiger partial charge in [0.25, 0.3) is 0 Å². The van der Waals surface area contributed by atoms with Gasteiger partial charge in [-0.1, -0.05) is 25.1 Å². The molecule has 0 spiro atoms. The zero-order valence-electron chi connectivity index (χ0n) is 7.87. The van der Waals surface area contributed by atoms with Crippen molar-refractivity contribution < 1.29 is 4.39 Å². The summed E-state index contributed by atoms with van der Waals surface area (Å²) >= 11 is 0. The summed E-state index contributed by atoms with van der Waals surface area (Å²) in [6.07, 6.45) is 2.94. The monoisotopic (exact) mass is 189 g/mol. The molecule has 2 aromatic rings. The SMILES string of the molecule is CCc1c(F)[c]nn1-c1ccccc1. The lowest BCUT2D eigenvalue weighted by Gasteiger charge is -2.04. The first kappa shape index (κ1) is 8.94. The molecule has 0 saturated heterocycles. The van der Waals surface area contributed by atoms with Gasteiger partial charge < -0.3 is 0 Å². The van der Waals surface area contributed by atoms with Crippen molar-refractivity contribution in [2.75, 3.05) is 0 Å². The second kappa shape index (κ2) is 3.62. The maximum absolute atomic E-state index is 13.2. The Kier molecular flexibility index (Phi) is 2.31. The minimum absolute atomic E-state index is 0.364. The van der Waals surface area contributed by atoms with E-state index >= 15 is 0 Å². The lowest BCUT2D eigenvalue weighted by Crippen LogP contribution is -2.01. The van der Waals surface area contributed by atoms with Gasteiger partial charge in [0.2, 0.25) is 0 Å². The summed E-state index contributed by atoms with van der Waals surface area (Å²) in [6, 6.07) is 9.49. The van der Waals surface area contributed by atoms with Gasteiger partial charge in [0.15, 0.2) is 12.0 Å². The van der Waals surface area contributed by atoms with Crippen molar-refractivity contribution in [3.05, 3.63) is 48.0 Å². The van der Waals surface area contributed by atoms with Crippen molar-refractivity contribution >= 4 is 0 Å². The van der Waals surface area contributed by atoms with Crippen LogP contribution in [0.5, 0.6) is 0 Å². The van der Waals surface area contributed by atoms with Crippen LogP contribution >= 0.6 is 0 Å². The summed E-state index contributed by atoms with van der Waals surface area (Å²) < 4.78 is 14.7. The maximum atomic E-state index is 13.2. The molecule has 1 heterocycles. The first-order valence-corrected chi connectivity index (χ1v) is 4.53. The van der Waals surface area contributed by atoms with E-state index in [0.29, 0.717) is 12.1 Å². The third-order valence-corrected chi connectivity index (χ3v) is 2.09. The van der Waals surface area contributed by atoms with E-state index in [1.807, 2.05) is 37.3 Å². The quantitative estimate of drug-likeness (QED) is 0.709. The fourth-order valence-corrected chi connectivity index (χ4v) is 1.40. The Morgan fingerprint density at radius 2 is 2.07 bits per heavy atom. The van der Waals surface area contributed by atoms with E-state index in [-0.39, 0.29) is 5.82 Å². The number of benzene rings is 1. The number of para-hydroxylation sites is 1. The third kappa shape index (κ3) is 1.41. The van der Waals surface area contributed by atoms with Gasteiger partial charge in [0, 0.05) is 0 Å². The molecule has 0 bridgehead atoms. The summed E-state index contributed by atoms with van der Waals surface area (Å²) in [5.41, 5.74) is 1.43. The second-order valence-corrected chi connectivity index (χ2v) is 2.97. The normalized spacial score (nSPS) is 10.4. The number of aromatic nitrogens is 2. The molecule has 0 amide bonds. The van der Waals surface area contributed by atoms with Gasteiger partial charge in [0.05, 0.1) is 11.4 Å². The molecule has 1 radical (unpaired) electrons. The van der Waals surface area contributed by atoms with Gasteiger partial charge in [-0.15, -0.1) is 0 Å². The Labute approximate surface area is 82.0 Å². The van der Waals surface area contributed by atoms with Crippen molar-refractivity contribution in [2.45, 2.75) is 13.3 Å². The van der Waals surface area contributed by atoms with Crippen LogP contribution in [-0.4, -0.2) is 9.78 Å². The average Bonchev–Trinajstić information content (AvgIpc) is 2.61. The molecule has 0 saturated carbocycles. The topological polar surface area (TPSA) is 17.8 Å². The molecule has 0 atom stereocenters. The van der Waals surface area contributed by atoms with E-state index in [2.05, 4.69) is 11.3 Å². The van der Waals surface area contributed by atoms with E-state index in [4.69, 9.17) is 0 Å². The number of hydrogen-bond acceptors (Lipinski definition) is 1. The number of hydrogen-bond donors (Lipinski definition) is 0. The highest BCUT2D eigenvalue weighted by molar-refractivity contribution is 5.32. The lowest BCUT2D eigenvalue weighted by molar-refractivity contribution is 0.606. The summed E-state index contributed by atoms with van der Waals surface area (Å²) in [5, 5.41) is 3.87. The van der Waals surface area contributed by atoms with Crippen LogP contribution in [0.2, 0.25) is 0 Å². The first-order chi connectivity index (χ1) is 6.83. The molecule has 2 nitrogen and oxygen atoms in total. The van der Waals surface area contributed by atoms with Gasteiger partial charge in [-0.2, -0.15) is 5.10 Å². The standard InChI is InChI=1S/C11H10FN2/c1-2-11-10(12)8-13-14(11)9-6-4-3-5-7-9/h3-7H,2H2,1H3. The van der Waals surface area contributed by atoms with Crippen molar-refractivity contribution in [1.29, 1.82) is 0 Å². The molecule has 1 aromatic carbocycles. The van der Waals surface area contributed by atoms with Crippen LogP contribution < -0.4 is 0 Å². The molecular formula is C11H10FN2. The fourth-order valence-electron chi connectivity index (χ4n) is 1.40. The largest absolute Gasteiger partial charge is 0.234 e. The molecule has 0 N–H and O–H groups in total. The predicted molar refractivity (Wildman–Crippen MR) is 51.7 cm³/mol. The average molecular weight is 189 g/mol. The summed E-state index contributed by atoms with van der Waals surface area (Å²) in [7, 11) is 0. The Bertz CT molecular complexity index is 420. The van der Waals surface area contributed by atoms with Crippen molar-refractivity contribution in [3.8, 4) is 5.69 Å². The minimum Gasteiger partial charge on any atom is -0.234 e. The Morgan fingerprint density at radius 1 is 1.36 bits per heavy atom. The molecule has 71 valence electrons. The molecule has 0 unspecified atom stereocenters. The smallest absolute Gasteiger partial charge is 0.174 e. The Hall–Kier alpha value is -1.64. The van der Waals surface area contributed by atoms with Crippen molar-refractivity contribution in [2.24, 2.45) is 0 Å². The zero-order chi connectivity index (χ0) is 9.97. The van der Waals surface area contributed by atoms with E-state index < -0.39 is 0 Å². The number of nitrogens with zero attached hydrogens (tertiary/aromatic N) is 2. The minimum atomic E-state index is -0.364. The highest BCUT2D eigenvalue weighted by Crippen LogP contribution is 2.13. The highest BCUT2D eigenvalue weighted by atomic mass is 19.1. The van der Waals surface area contributed by atoms with Crippen LogP contribution in [0.3, 0.4) is 0 Å². The molecule has 0 aliphatic rings. The van der Waals surface area contributed by atoms with Crippen molar-refractivity contribution in [1.82, 2.24) is 9.78 Å². The first-order valence-electron chi connectivity index (χ1n) is 4.53. The van der Waals surface area contributed by atoms with Gasteiger partial charge in [-0.25, -0.2) is 9.07 Å².